The lowest BCUT2D eigenvalue weighted by atomic mass is 10.1. The summed E-state index contributed by atoms with van der Waals surface area (Å²) in [5.74, 6) is 1.25. The Bertz CT molecular complexity index is 508. The monoisotopic (exact) mass is 265 g/mol. The van der Waals surface area contributed by atoms with Gasteiger partial charge in [0, 0.05) is 5.02 Å². The Morgan fingerprint density at radius 2 is 2.22 bits per heavy atom. The minimum Gasteiger partial charge on any atom is -0.423 e. The van der Waals surface area contributed by atoms with Crippen molar-refractivity contribution in [2.45, 2.75) is 25.8 Å². The molecule has 0 aliphatic heterocycles. The van der Waals surface area contributed by atoms with Gasteiger partial charge >= 0.3 is 0 Å². The highest BCUT2D eigenvalue weighted by atomic mass is 35.5. The normalized spacial score (nSPS) is 12.6. The molecule has 0 aliphatic rings. The van der Waals surface area contributed by atoms with Gasteiger partial charge in [0.2, 0.25) is 11.8 Å². The van der Waals surface area contributed by atoms with Gasteiger partial charge in [-0.2, -0.15) is 0 Å². The highest BCUT2D eigenvalue weighted by Crippen LogP contribution is 2.17. The fourth-order valence-electron chi connectivity index (χ4n) is 1.80. The van der Waals surface area contributed by atoms with Gasteiger partial charge in [-0.1, -0.05) is 30.7 Å². The summed E-state index contributed by atoms with van der Waals surface area (Å²) >= 11 is 5.93. The maximum absolute atomic E-state index is 5.93. The van der Waals surface area contributed by atoms with Crippen LogP contribution >= 0.6 is 11.6 Å². The van der Waals surface area contributed by atoms with E-state index in [1.165, 1.54) is 0 Å². The first-order valence-electron chi connectivity index (χ1n) is 5.97. The van der Waals surface area contributed by atoms with Gasteiger partial charge in [-0.25, -0.2) is 0 Å². The molecule has 96 valence electrons. The smallest absolute Gasteiger partial charge is 0.233 e. The van der Waals surface area contributed by atoms with Crippen molar-refractivity contribution in [3.63, 3.8) is 0 Å². The summed E-state index contributed by atoms with van der Waals surface area (Å²) in [5.41, 5.74) is 1.07. The first-order valence-corrected chi connectivity index (χ1v) is 6.34. The van der Waals surface area contributed by atoms with Crippen LogP contribution in [-0.4, -0.2) is 17.2 Å². The Hall–Kier alpha value is -1.39. The van der Waals surface area contributed by atoms with E-state index in [2.05, 4.69) is 22.4 Å². The number of nitrogens with one attached hydrogen (secondary N) is 1. The summed E-state index contributed by atoms with van der Waals surface area (Å²) in [6, 6.07) is 7.77. The summed E-state index contributed by atoms with van der Waals surface area (Å²) in [6.07, 6.45) is 1.52. The van der Waals surface area contributed by atoms with Gasteiger partial charge in [-0.15, -0.1) is 10.2 Å². The van der Waals surface area contributed by atoms with Crippen molar-refractivity contribution in [2.24, 2.45) is 0 Å². The standard InChI is InChI=1S/C13H16ClN3O/c1-3-11(15-2)13-17-16-12(18-13)8-9-5-4-6-10(14)7-9/h4-7,11,15H,3,8H2,1-2H3. The van der Waals surface area contributed by atoms with Crippen LogP contribution < -0.4 is 5.32 Å². The zero-order valence-electron chi connectivity index (χ0n) is 10.5. The molecule has 1 unspecified atom stereocenters. The molecule has 5 heteroatoms. The van der Waals surface area contributed by atoms with Crippen molar-refractivity contribution in [1.82, 2.24) is 15.5 Å². The molecular formula is C13H16ClN3O. The third-order valence-electron chi connectivity index (χ3n) is 2.78. The van der Waals surface area contributed by atoms with Gasteiger partial charge < -0.3 is 9.73 Å². The van der Waals surface area contributed by atoms with Crippen LogP contribution in [0.3, 0.4) is 0 Å². The zero-order valence-corrected chi connectivity index (χ0v) is 11.2. The van der Waals surface area contributed by atoms with Crippen molar-refractivity contribution < 1.29 is 4.42 Å². The highest BCUT2D eigenvalue weighted by Gasteiger charge is 2.14. The van der Waals surface area contributed by atoms with Crippen LogP contribution in [-0.2, 0) is 6.42 Å². The van der Waals surface area contributed by atoms with Crippen molar-refractivity contribution >= 4 is 11.6 Å². The topological polar surface area (TPSA) is 51.0 Å². The Morgan fingerprint density at radius 3 is 2.89 bits per heavy atom. The molecule has 0 fully saturated rings. The van der Waals surface area contributed by atoms with E-state index in [-0.39, 0.29) is 6.04 Å². The number of hydrogen-bond acceptors (Lipinski definition) is 4. The fraction of sp³-hybridized carbons (Fsp3) is 0.385. The van der Waals surface area contributed by atoms with Crippen LogP contribution in [0.2, 0.25) is 5.02 Å². The molecular weight excluding hydrogens is 250 g/mol. The molecule has 18 heavy (non-hydrogen) atoms. The molecule has 0 saturated carbocycles. The van der Waals surface area contributed by atoms with Crippen molar-refractivity contribution in [3.8, 4) is 0 Å². The number of halogens is 1. The molecule has 1 aromatic carbocycles. The van der Waals surface area contributed by atoms with Crippen LogP contribution in [0.1, 0.15) is 36.7 Å². The van der Waals surface area contributed by atoms with Gasteiger partial charge in [0.05, 0.1) is 12.5 Å². The molecule has 1 atom stereocenters. The molecule has 0 radical (unpaired) electrons. The largest absolute Gasteiger partial charge is 0.423 e. The predicted octanol–water partition coefficient (Wildman–Crippen LogP) is 2.98. The quantitative estimate of drug-likeness (QED) is 0.903. The number of aromatic nitrogens is 2. The molecule has 0 saturated heterocycles. The molecule has 4 nitrogen and oxygen atoms in total. The predicted molar refractivity (Wildman–Crippen MR) is 70.6 cm³/mol. The number of benzene rings is 1. The van der Waals surface area contributed by atoms with E-state index in [1.54, 1.807) is 0 Å². The van der Waals surface area contributed by atoms with Crippen molar-refractivity contribution in [1.29, 1.82) is 0 Å². The Morgan fingerprint density at radius 1 is 1.39 bits per heavy atom. The van der Waals surface area contributed by atoms with E-state index >= 15 is 0 Å². The van der Waals surface area contributed by atoms with Gasteiger partial charge in [0.25, 0.3) is 0 Å². The molecule has 0 aliphatic carbocycles. The van der Waals surface area contributed by atoms with E-state index in [4.69, 9.17) is 16.0 Å². The second-order valence-electron chi connectivity index (χ2n) is 4.09. The Kier molecular flexibility index (Phi) is 4.33. The minimum atomic E-state index is 0.116. The van der Waals surface area contributed by atoms with Crippen molar-refractivity contribution in [2.75, 3.05) is 7.05 Å². The van der Waals surface area contributed by atoms with Gasteiger partial charge in [-0.05, 0) is 31.2 Å². The number of nitrogens with zero attached hydrogens (tertiary/aromatic N) is 2. The minimum absolute atomic E-state index is 0.116. The van der Waals surface area contributed by atoms with Gasteiger partial charge in [-0.3, -0.25) is 0 Å². The van der Waals surface area contributed by atoms with Gasteiger partial charge in [0.1, 0.15) is 0 Å². The Labute approximate surface area is 111 Å². The van der Waals surface area contributed by atoms with Crippen LogP contribution in [0.25, 0.3) is 0 Å². The second kappa shape index (κ2) is 5.98. The van der Waals surface area contributed by atoms with E-state index in [0.717, 1.165) is 12.0 Å². The van der Waals surface area contributed by atoms with E-state index < -0.39 is 0 Å². The number of rotatable bonds is 5. The molecule has 0 bridgehead atoms. The molecule has 0 spiro atoms. The average molecular weight is 266 g/mol. The highest BCUT2D eigenvalue weighted by molar-refractivity contribution is 6.30. The summed E-state index contributed by atoms with van der Waals surface area (Å²) in [6.45, 7) is 2.07. The molecule has 2 rings (SSSR count). The molecule has 2 aromatic rings. The van der Waals surface area contributed by atoms with Crippen LogP contribution in [0.5, 0.6) is 0 Å². The molecule has 1 aromatic heterocycles. The first-order chi connectivity index (χ1) is 8.72. The second-order valence-corrected chi connectivity index (χ2v) is 4.53. The van der Waals surface area contributed by atoms with E-state index in [1.807, 2.05) is 31.3 Å². The lowest BCUT2D eigenvalue weighted by Gasteiger charge is -2.07. The summed E-state index contributed by atoms with van der Waals surface area (Å²) < 4.78 is 5.64. The SMILES string of the molecule is CCC(NC)c1nnc(Cc2cccc(Cl)c2)o1. The fourth-order valence-corrected chi connectivity index (χ4v) is 2.02. The summed E-state index contributed by atoms with van der Waals surface area (Å²) in [5, 5.41) is 12.0. The molecule has 1 heterocycles. The van der Waals surface area contributed by atoms with Crippen LogP contribution in [0.15, 0.2) is 28.7 Å². The maximum atomic E-state index is 5.93. The number of hydrogen-bond donors (Lipinski definition) is 1. The summed E-state index contributed by atoms with van der Waals surface area (Å²) in [7, 11) is 1.88. The molecule has 0 amide bonds. The first kappa shape index (κ1) is 13.1. The zero-order chi connectivity index (χ0) is 13.0. The van der Waals surface area contributed by atoms with Crippen LogP contribution in [0.4, 0.5) is 0 Å². The third kappa shape index (κ3) is 3.09. The summed E-state index contributed by atoms with van der Waals surface area (Å²) in [4.78, 5) is 0. The third-order valence-corrected chi connectivity index (χ3v) is 3.02. The van der Waals surface area contributed by atoms with Crippen molar-refractivity contribution in [3.05, 3.63) is 46.6 Å². The molecule has 1 N–H and O–H groups in total. The van der Waals surface area contributed by atoms with Crippen LogP contribution in [0, 0.1) is 0 Å². The Balaban J connectivity index is 2.11. The average Bonchev–Trinajstić information content (AvgIpc) is 2.79. The maximum Gasteiger partial charge on any atom is 0.233 e. The van der Waals surface area contributed by atoms with E-state index in [9.17, 15) is 0 Å². The van der Waals surface area contributed by atoms with E-state index in [0.29, 0.717) is 23.2 Å². The van der Waals surface area contributed by atoms with Gasteiger partial charge in [0.15, 0.2) is 0 Å². The lowest BCUT2D eigenvalue weighted by Crippen LogP contribution is -2.15. The lowest BCUT2D eigenvalue weighted by molar-refractivity contribution is 0.390.